The smallest absolute Gasteiger partial charge is 0.338 e. The van der Waals surface area contributed by atoms with E-state index in [1.165, 1.54) is 38.2 Å². The van der Waals surface area contributed by atoms with Crippen molar-refractivity contribution in [2.75, 3.05) is 18.1 Å². The molecule has 5 heteroatoms. The molecule has 5 nitrogen and oxygen atoms in total. The largest absolute Gasteiger partial charge is 0.464 e. The van der Waals surface area contributed by atoms with Crippen molar-refractivity contribution in [2.24, 2.45) is 11.8 Å². The molecule has 0 bridgehead atoms. The molecule has 1 saturated carbocycles. The number of benzene rings is 1. The fraction of sp³-hybridized carbons (Fsp3) is 0.565. The van der Waals surface area contributed by atoms with Crippen molar-refractivity contribution in [3.63, 3.8) is 0 Å². The van der Waals surface area contributed by atoms with Gasteiger partial charge in [-0.15, -0.1) is 0 Å². The highest BCUT2D eigenvalue weighted by atomic mass is 16.5. The molecule has 1 unspecified atom stereocenters. The summed E-state index contributed by atoms with van der Waals surface area (Å²) in [6, 6.07) is 8.65. The third-order valence-electron chi connectivity index (χ3n) is 6.41. The average molecular weight is 383 g/mol. The Morgan fingerprint density at radius 1 is 1.18 bits per heavy atom. The number of carbonyl (C=O) groups excluding carboxylic acids is 1. The molecular weight excluding hydrogens is 354 g/mol. The topological polar surface area (TPSA) is 59.8 Å². The summed E-state index contributed by atoms with van der Waals surface area (Å²) in [5.74, 6) is 0.908. The maximum atomic E-state index is 12.9. The zero-order chi connectivity index (χ0) is 19.5. The number of rotatable bonds is 5. The highest BCUT2D eigenvalue weighted by molar-refractivity contribution is 5.93. The highest BCUT2D eigenvalue weighted by Crippen LogP contribution is 2.33. The summed E-state index contributed by atoms with van der Waals surface area (Å²) in [7, 11) is 0. The van der Waals surface area contributed by atoms with Crippen LogP contribution in [0, 0.1) is 11.8 Å². The standard InChI is InChI=1S/C23H29NO4/c1-16(17-8-3-2-4-9-17)15-27-23(26)19-11-7-13-24(19)20-14-22(25)28-21-12-6-5-10-18(20)21/h5-6,10,12,14,16-17,19H,2-4,7-9,11,13,15H2,1H3/t16?,19-/m0/s1. The Balaban J connectivity index is 1.48. The van der Waals surface area contributed by atoms with Gasteiger partial charge in [0.25, 0.3) is 0 Å². The first-order valence-electron chi connectivity index (χ1n) is 10.6. The third-order valence-corrected chi connectivity index (χ3v) is 6.41. The fourth-order valence-electron chi connectivity index (χ4n) is 4.78. The van der Waals surface area contributed by atoms with Gasteiger partial charge in [-0.3, -0.25) is 0 Å². The number of fused-ring (bicyclic) bond motifs is 1. The van der Waals surface area contributed by atoms with Crippen LogP contribution >= 0.6 is 0 Å². The van der Waals surface area contributed by atoms with Gasteiger partial charge in [-0.2, -0.15) is 0 Å². The first-order chi connectivity index (χ1) is 13.6. The fourth-order valence-corrected chi connectivity index (χ4v) is 4.78. The van der Waals surface area contributed by atoms with Gasteiger partial charge in [0, 0.05) is 18.0 Å². The van der Waals surface area contributed by atoms with Crippen LogP contribution in [-0.2, 0) is 9.53 Å². The Morgan fingerprint density at radius 3 is 2.79 bits per heavy atom. The molecule has 2 aromatic rings. The van der Waals surface area contributed by atoms with Gasteiger partial charge in [0.1, 0.15) is 11.6 Å². The number of hydrogen-bond donors (Lipinski definition) is 0. The first-order valence-corrected chi connectivity index (χ1v) is 10.6. The third kappa shape index (κ3) is 3.94. The molecule has 0 radical (unpaired) electrons. The van der Waals surface area contributed by atoms with Crippen LogP contribution in [0.5, 0.6) is 0 Å². The van der Waals surface area contributed by atoms with E-state index in [-0.39, 0.29) is 12.0 Å². The van der Waals surface area contributed by atoms with E-state index in [4.69, 9.17) is 9.15 Å². The molecule has 1 saturated heterocycles. The predicted molar refractivity (Wildman–Crippen MR) is 110 cm³/mol. The lowest BCUT2D eigenvalue weighted by Gasteiger charge is -2.29. The molecule has 2 aliphatic rings. The molecular formula is C23H29NO4. The number of anilines is 1. The normalized spacial score (nSPS) is 21.8. The summed E-state index contributed by atoms with van der Waals surface area (Å²) >= 11 is 0. The van der Waals surface area contributed by atoms with Crippen LogP contribution in [0.1, 0.15) is 51.9 Å². The maximum absolute atomic E-state index is 12.9. The van der Waals surface area contributed by atoms with Gasteiger partial charge < -0.3 is 14.1 Å². The van der Waals surface area contributed by atoms with Gasteiger partial charge in [0.15, 0.2) is 0 Å². The Labute approximate surface area is 165 Å². The van der Waals surface area contributed by atoms with Crippen LogP contribution in [0.15, 0.2) is 39.5 Å². The molecule has 2 heterocycles. The van der Waals surface area contributed by atoms with Crippen LogP contribution in [0.2, 0.25) is 0 Å². The minimum atomic E-state index is -0.390. The summed E-state index contributed by atoms with van der Waals surface area (Å²) in [4.78, 5) is 26.9. The lowest BCUT2D eigenvalue weighted by Crippen LogP contribution is -2.38. The number of ether oxygens (including phenoxy) is 1. The highest BCUT2D eigenvalue weighted by Gasteiger charge is 2.34. The van der Waals surface area contributed by atoms with E-state index in [2.05, 4.69) is 6.92 Å². The second kappa shape index (κ2) is 8.38. The van der Waals surface area contributed by atoms with E-state index in [1.807, 2.05) is 23.1 Å². The van der Waals surface area contributed by atoms with Crippen LogP contribution in [0.4, 0.5) is 5.69 Å². The Bertz CT molecular complexity index is 884. The second-order valence-electron chi connectivity index (χ2n) is 8.30. The van der Waals surface area contributed by atoms with Gasteiger partial charge in [-0.05, 0) is 36.8 Å². The number of carbonyl (C=O) groups is 1. The summed E-state index contributed by atoms with van der Waals surface area (Å²) in [5.41, 5.74) is 0.931. The molecule has 28 heavy (non-hydrogen) atoms. The summed E-state index contributed by atoms with van der Waals surface area (Å²) in [6.45, 7) is 3.43. The molecule has 0 amide bonds. The van der Waals surface area contributed by atoms with Crippen molar-refractivity contribution in [1.29, 1.82) is 0 Å². The SMILES string of the molecule is CC(COC(=O)[C@@H]1CCCN1c1cc(=O)oc2ccccc12)C1CCCCC1. The van der Waals surface area contributed by atoms with Gasteiger partial charge in [-0.25, -0.2) is 9.59 Å². The molecule has 0 spiro atoms. The second-order valence-corrected chi connectivity index (χ2v) is 8.30. The number of para-hydroxylation sites is 1. The number of hydrogen-bond acceptors (Lipinski definition) is 5. The van der Waals surface area contributed by atoms with Crippen LogP contribution in [0.25, 0.3) is 11.0 Å². The van der Waals surface area contributed by atoms with Gasteiger partial charge in [0.2, 0.25) is 0 Å². The lowest BCUT2D eigenvalue weighted by atomic mass is 9.81. The van der Waals surface area contributed by atoms with Gasteiger partial charge in [0.05, 0.1) is 12.3 Å². The first kappa shape index (κ1) is 19.0. The summed E-state index contributed by atoms with van der Waals surface area (Å²) < 4.78 is 11.1. The van der Waals surface area contributed by atoms with Crippen molar-refractivity contribution in [3.05, 3.63) is 40.8 Å². The minimum absolute atomic E-state index is 0.169. The average Bonchev–Trinajstić information content (AvgIpc) is 3.21. The van der Waals surface area contributed by atoms with Crippen molar-refractivity contribution < 1.29 is 13.9 Å². The molecule has 4 rings (SSSR count). The van der Waals surface area contributed by atoms with Crippen molar-refractivity contribution in [2.45, 2.75) is 57.9 Å². The molecule has 1 aliphatic heterocycles. The van der Waals surface area contributed by atoms with E-state index >= 15 is 0 Å². The minimum Gasteiger partial charge on any atom is -0.464 e. The van der Waals surface area contributed by atoms with E-state index < -0.39 is 5.63 Å². The van der Waals surface area contributed by atoms with Crippen LogP contribution in [-0.4, -0.2) is 25.2 Å². The monoisotopic (exact) mass is 383 g/mol. The van der Waals surface area contributed by atoms with Crippen molar-refractivity contribution in [3.8, 4) is 0 Å². The van der Waals surface area contributed by atoms with Crippen LogP contribution in [0.3, 0.4) is 0 Å². The lowest BCUT2D eigenvalue weighted by molar-refractivity contribution is -0.146. The van der Waals surface area contributed by atoms with E-state index in [0.717, 1.165) is 30.5 Å². The van der Waals surface area contributed by atoms with Crippen molar-refractivity contribution >= 4 is 22.6 Å². The molecule has 2 fully saturated rings. The zero-order valence-corrected chi connectivity index (χ0v) is 16.6. The number of esters is 1. The number of nitrogens with zero attached hydrogens (tertiary/aromatic N) is 1. The molecule has 1 aromatic heterocycles. The van der Waals surface area contributed by atoms with Crippen LogP contribution < -0.4 is 10.5 Å². The Kier molecular flexibility index (Phi) is 5.69. The van der Waals surface area contributed by atoms with Gasteiger partial charge in [-0.1, -0.05) is 51.2 Å². The van der Waals surface area contributed by atoms with E-state index in [9.17, 15) is 9.59 Å². The van der Waals surface area contributed by atoms with Gasteiger partial charge >= 0.3 is 11.6 Å². The maximum Gasteiger partial charge on any atom is 0.338 e. The molecule has 2 atom stereocenters. The molecule has 0 N–H and O–H groups in total. The quantitative estimate of drug-likeness (QED) is 0.561. The Morgan fingerprint density at radius 2 is 1.96 bits per heavy atom. The molecule has 1 aliphatic carbocycles. The Hall–Kier alpha value is -2.30. The van der Waals surface area contributed by atoms with E-state index in [1.54, 1.807) is 6.07 Å². The molecule has 1 aromatic carbocycles. The summed E-state index contributed by atoms with van der Waals surface area (Å²) in [5, 5.41) is 0.859. The van der Waals surface area contributed by atoms with E-state index in [0.29, 0.717) is 24.0 Å². The van der Waals surface area contributed by atoms with Crippen molar-refractivity contribution in [1.82, 2.24) is 0 Å². The summed E-state index contributed by atoms with van der Waals surface area (Å²) in [6.07, 6.45) is 8.09. The predicted octanol–water partition coefficient (Wildman–Crippen LogP) is 4.52. The molecule has 150 valence electrons. The zero-order valence-electron chi connectivity index (χ0n) is 16.6.